The van der Waals surface area contributed by atoms with Crippen molar-refractivity contribution >= 4 is 17.5 Å². The van der Waals surface area contributed by atoms with Crippen LogP contribution in [-0.4, -0.2) is 60.0 Å². The number of ether oxygens (including phenoxy) is 1. The van der Waals surface area contributed by atoms with Gasteiger partial charge in [-0.25, -0.2) is 9.97 Å². The molecule has 1 atom stereocenters. The summed E-state index contributed by atoms with van der Waals surface area (Å²) in [4.78, 5) is 34.4. The molecule has 2 amide bonds. The first-order chi connectivity index (χ1) is 14.5. The molecule has 4 rings (SSSR count). The molecular formula is C22H23N5O3. The number of carbonyl (C=O) groups excluding carboxylic acids is 2. The predicted octanol–water partition coefficient (Wildman–Crippen LogP) is 1.13. The van der Waals surface area contributed by atoms with Crippen molar-refractivity contribution < 1.29 is 14.3 Å². The molecule has 0 aliphatic carbocycles. The fourth-order valence-electron chi connectivity index (χ4n) is 3.36. The van der Waals surface area contributed by atoms with E-state index in [1.165, 1.54) is 0 Å². The Hall–Kier alpha value is -3.44. The Labute approximate surface area is 174 Å². The zero-order chi connectivity index (χ0) is 21.1. The summed E-state index contributed by atoms with van der Waals surface area (Å²) < 4.78 is 5.16. The van der Waals surface area contributed by atoms with Gasteiger partial charge in [0.05, 0.1) is 25.1 Å². The number of carbonyl (C=O) groups is 2. The first-order valence-electron chi connectivity index (χ1n) is 9.86. The van der Waals surface area contributed by atoms with Gasteiger partial charge in [-0.2, -0.15) is 0 Å². The molecule has 2 fully saturated rings. The number of nitrogens with zero attached hydrogens (tertiary/aromatic N) is 3. The van der Waals surface area contributed by atoms with Gasteiger partial charge in [-0.1, -0.05) is 24.0 Å². The van der Waals surface area contributed by atoms with E-state index in [0.29, 0.717) is 37.2 Å². The number of rotatable bonds is 5. The van der Waals surface area contributed by atoms with Crippen molar-refractivity contribution in [3.63, 3.8) is 0 Å². The summed E-state index contributed by atoms with van der Waals surface area (Å²) in [6.07, 6.45) is 2.32. The van der Waals surface area contributed by atoms with E-state index in [2.05, 4.69) is 27.1 Å². The van der Waals surface area contributed by atoms with Crippen LogP contribution in [0.25, 0.3) is 11.4 Å². The Morgan fingerprint density at radius 3 is 2.90 bits per heavy atom. The fourth-order valence-corrected chi connectivity index (χ4v) is 3.36. The maximum Gasteiger partial charge on any atom is 0.269 e. The van der Waals surface area contributed by atoms with Gasteiger partial charge in [-0.05, 0) is 18.6 Å². The monoisotopic (exact) mass is 405 g/mol. The Morgan fingerprint density at radius 1 is 1.40 bits per heavy atom. The van der Waals surface area contributed by atoms with Crippen molar-refractivity contribution in [2.24, 2.45) is 17.6 Å². The molecule has 0 saturated carbocycles. The predicted molar refractivity (Wildman–Crippen MR) is 111 cm³/mol. The van der Waals surface area contributed by atoms with E-state index in [4.69, 9.17) is 10.5 Å². The largest absolute Gasteiger partial charge is 0.381 e. The molecule has 2 aromatic rings. The van der Waals surface area contributed by atoms with E-state index in [1.54, 1.807) is 18.1 Å². The van der Waals surface area contributed by atoms with Crippen LogP contribution in [0.15, 0.2) is 30.5 Å². The molecule has 0 spiro atoms. The first kappa shape index (κ1) is 19.9. The van der Waals surface area contributed by atoms with E-state index in [9.17, 15) is 9.59 Å². The molecule has 2 aliphatic rings. The number of nitrogens with one attached hydrogen (secondary N) is 1. The molecule has 8 heteroatoms. The Bertz CT molecular complexity index is 1040. The molecule has 154 valence electrons. The molecule has 1 aromatic carbocycles. The first-order valence-corrected chi connectivity index (χ1v) is 9.86. The highest BCUT2D eigenvalue weighted by atomic mass is 16.5. The molecule has 2 aliphatic heterocycles. The summed E-state index contributed by atoms with van der Waals surface area (Å²) in [5, 5.41) is 3.18. The van der Waals surface area contributed by atoms with Crippen LogP contribution in [0.5, 0.6) is 0 Å². The van der Waals surface area contributed by atoms with E-state index in [-0.39, 0.29) is 17.5 Å². The number of hydrogen-bond donors (Lipinski definition) is 2. The molecule has 8 nitrogen and oxygen atoms in total. The van der Waals surface area contributed by atoms with Gasteiger partial charge in [0.25, 0.3) is 5.91 Å². The van der Waals surface area contributed by atoms with Crippen LogP contribution in [0.4, 0.5) is 5.69 Å². The van der Waals surface area contributed by atoms with Crippen LogP contribution in [-0.2, 0) is 9.53 Å². The molecule has 2 saturated heterocycles. The minimum Gasteiger partial charge on any atom is -0.381 e. The lowest BCUT2D eigenvalue weighted by molar-refractivity contribution is -0.128. The molecule has 3 N–H and O–H groups in total. The third-order valence-corrected chi connectivity index (χ3v) is 5.25. The maximum absolute atomic E-state index is 12.0. The van der Waals surface area contributed by atoms with Gasteiger partial charge in [-0.15, -0.1) is 0 Å². The molecule has 1 aromatic heterocycles. The number of nitrogens with two attached hydrogens (primary N) is 1. The van der Waals surface area contributed by atoms with Gasteiger partial charge in [0.15, 0.2) is 11.5 Å². The van der Waals surface area contributed by atoms with Crippen LogP contribution in [0.1, 0.15) is 22.5 Å². The SMILES string of the molecule is CN1CC[C@@H](C#Cc2cccc(-c3ncc(NCC4COC4)c(C(N)=O)n3)c2)C1=O. The molecule has 0 radical (unpaired) electrons. The lowest BCUT2D eigenvalue weighted by atomic mass is 10.1. The Balaban J connectivity index is 1.55. The van der Waals surface area contributed by atoms with Crippen molar-refractivity contribution in [2.75, 3.05) is 38.7 Å². The number of benzene rings is 1. The zero-order valence-corrected chi connectivity index (χ0v) is 16.7. The standard InChI is InChI=1S/C22H23N5O3/c1-27-8-7-16(22(27)29)6-5-14-3-2-4-17(9-14)21-25-11-18(19(26-21)20(23)28)24-10-15-12-30-13-15/h2-4,9,11,15-16,24H,7-8,10,12-13H2,1H3,(H2,23,28)/t16-/m1/s1. The van der Waals surface area contributed by atoms with Gasteiger partial charge >= 0.3 is 0 Å². The average molecular weight is 405 g/mol. The van der Waals surface area contributed by atoms with Crippen molar-refractivity contribution in [1.29, 1.82) is 0 Å². The van der Waals surface area contributed by atoms with E-state index in [0.717, 1.165) is 24.1 Å². The molecule has 0 unspecified atom stereocenters. The quantitative estimate of drug-likeness (QED) is 0.722. The van der Waals surface area contributed by atoms with Crippen LogP contribution in [0, 0.1) is 23.7 Å². The number of primary amides is 1. The highest BCUT2D eigenvalue weighted by molar-refractivity contribution is 5.96. The van der Waals surface area contributed by atoms with Crippen LogP contribution in [0.3, 0.4) is 0 Å². The van der Waals surface area contributed by atoms with Crippen molar-refractivity contribution in [3.05, 3.63) is 41.7 Å². The highest BCUT2D eigenvalue weighted by Crippen LogP contribution is 2.21. The summed E-state index contributed by atoms with van der Waals surface area (Å²) in [5.74, 6) is 6.11. The maximum atomic E-state index is 12.0. The second kappa shape index (κ2) is 8.51. The molecular weight excluding hydrogens is 382 g/mol. The minimum atomic E-state index is -0.620. The smallest absolute Gasteiger partial charge is 0.269 e. The average Bonchev–Trinajstić information content (AvgIpc) is 3.03. The van der Waals surface area contributed by atoms with E-state index in [1.807, 2.05) is 24.3 Å². The normalized spacial score (nSPS) is 18.5. The number of amides is 2. The Morgan fingerprint density at radius 2 is 2.23 bits per heavy atom. The lowest BCUT2D eigenvalue weighted by Crippen LogP contribution is -2.34. The van der Waals surface area contributed by atoms with E-state index < -0.39 is 5.91 Å². The van der Waals surface area contributed by atoms with Gasteiger partial charge in [0.2, 0.25) is 5.91 Å². The summed E-state index contributed by atoms with van der Waals surface area (Å²) in [7, 11) is 1.79. The summed E-state index contributed by atoms with van der Waals surface area (Å²) >= 11 is 0. The topological polar surface area (TPSA) is 110 Å². The third-order valence-electron chi connectivity index (χ3n) is 5.25. The van der Waals surface area contributed by atoms with Crippen LogP contribution < -0.4 is 11.1 Å². The highest BCUT2D eigenvalue weighted by Gasteiger charge is 2.27. The van der Waals surface area contributed by atoms with E-state index >= 15 is 0 Å². The number of likely N-dealkylation sites (tertiary alicyclic amines) is 1. The van der Waals surface area contributed by atoms with Gasteiger partial charge in [0, 0.05) is 37.2 Å². The van der Waals surface area contributed by atoms with Crippen LogP contribution >= 0.6 is 0 Å². The summed E-state index contributed by atoms with van der Waals surface area (Å²) in [5.41, 5.74) is 7.67. The summed E-state index contributed by atoms with van der Waals surface area (Å²) in [6.45, 7) is 2.81. The molecule has 0 bridgehead atoms. The van der Waals surface area contributed by atoms with Gasteiger partial charge in [-0.3, -0.25) is 9.59 Å². The third kappa shape index (κ3) is 4.26. The van der Waals surface area contributed by atoms with Crippen molar-refractivity contribution in [3.8, 4) is 23.2 Å². The molecule has 30 heavy (non-hydrogen) atoms. The Kier molecular flexibility index (Phi) is 5.63. The van der Waals surface area contributed by atoms with Crippen LogP contribution in [0.2, 0.25) is 0 Å². The van der Waals surface area contributed by atoms with Gasteiger partial charge < -0.3 is 20.7 Å². The minimum absolute atomic E-state index is 0.0599. The zero-order valence-electron chi connectivity index (χ0n) is 16.7. The van der Waals surface area contributed by atoms with Crippen molar-refractivity contribution in [2.45, 2.75) is 6.42 Å². The van der Waals surface area contributed by atoms with Crippen molar-refractivity contribution in [1.82, 2.24) is 14.9 Å². The number of aromatic nitrogens is 2. The molecule has 3 heterocycles. The second-order valence-corrected chi connectivity index (χ2v) is 7.56. The van der Waals surface area contributed by atoms with Gasteiger partial charge in [0.1, 0.15) is 5.92 Å². The number of anilines is 1. The second-order valence-electron chi connectivity index (χ2n) is 7.56. The summed E-state index contributed by atoms with van der Waals surface area (Å²) in [6, 6.07) is 7.40. The number of hydrogen-bond acceptors (Lipinski definition) is 6. The fraction of sp³-hybridized carbons (Fsp3) is 0.364. The lowest BCUT2D eigenvalue weighted by Gasteiger charge is -2.26.